The Morgan fingerprint density at radius 2 is 1.93 bits per heavy atom. The molecule has 0 spiro atoms. The van der Waals surface area contributed by atoms with Crippen LogP contribution in [-0.4, -0.2) is 62.2 Å². The third kappa shape index (κ3) is 6.02. The Hall–Kier alpha value is -4.84. The van der Waals surface area contributed by atoms with E-state index >= 15 is 0 Å². The van der Waals surface area contributed by atoms with Crippen LogP contribution in [0, 0.1) is 23.2 Å². The minimum atomic E-state index is -0.437. The van der Waals surface area contributed by atoms with Gasteiger partial charge in [-0.05, 0) is 60.1 Å². The molecule has 3 atom stereocenters. The SMILES string of the molecule is CC(C(=O)n1ccc2c([N+](C)=CC3CN(C(=O)CC#N)CC[C@H]3C)ncnc21)c1cccc(Oc2ccccc2)c1. The Morgan fingerprint density at radius 1 is 1.15 bits per heavy atom. The number of benzene rings is 2. The molecular weight excluding hydrogens is 516 g/mol. The fourth-order valence-electron chi connectivity index (χ4n) is 5.28. The van der Waals surface area contributed by atoms with E-state index in [0.29, 0.717) is 36.2 Å². The van der Waals surface area contributed by atoms with Crippen LogP contribution in [0.25, 0.3) is 11.0 Å². The third-order valence-electron chi connectivity index (χ3n) is 7.75. The summed E-state index contributed by atoms with van der Waals surface area (Å²) in [6.45, 7) is 5.27. The summed E-state index contributed by atoms with van der Waals surface area (Å²) in [5, 5.41) is 9.69. The molecule has 2 aromatic heterocycles. The molecule has 4 aromatic rings. The lowest BCUT2D eigenvalue weighted by Gasteiger charge is -2.34. The van der Waals surface area contributed by atoms with Crippen molar-refractivity contribution < 1.29 is 18.9 Å². The molecule has 2 aromatic carbocycles. The average Bonchev–Trinajstić information content (AvgIpc) is 3.42. The summed E-state index contributed by atoms with van der Waals surface area (Å²) in [6, 6.07) is 20.9. The molecule has 0 saturated carbocycles. The summed E-state index contributed by atoms with van der Waals surface area (Å²) < 4.78 is 9.50. The summed E-state index contributed by atoms with van der Waals surface area (Å²) in [5.74, 6) is 1.87. The number of para-hydroxylation sites is 1. The van der Waals surface area contributed by atoms with Crippen molar-refractivity contribution in [2.24, 2.45) is 11.8 Å². The van der Waals surface area contributed by atoms with Gasteiger partial charge in [-0.25, -0.2) is 4.58 Å². The Labute approximate surface area is 239 Å². The molecule has 0 aliphatic carbocycles. The number of ether oxygens (including phenoxy) is 1. The van der Waals surface area contributed by atoms with Gasteiger partial charge in [0.2, 0.25) is 18.1 Å². The molecule has 0 N–H and O–H groups in total. The van der Waals surface area contributed by atoms with E-state index in [9.17, 15) is 9.59 Å². The fourth-order valence-corrected chi connectivity index (χ4v) is 5.28. The highest BCUT2D eigenvalue weighted by molar-refractivity contribution is 5.96. The monoisotopic (exact) mass is 549 g/mol. The Balaban J connectivity index is 1.38. The minimum Gasteiger partial charge on any atom is -0.457 e. The van der Waals surface area contributed by atoms with Gasteiger partial charge in [-0.1, -0.05) is 37.3 Å². The second-order valence-corrected chi connectivity index (χ2v) is 10.5. The molecule has 5 rings (SSSR count). The van der Waals surface area contributed by atoms with Gasteiger partial charge >= 0.3 is 5.82 Å². The molecule has 9 heteroatoms. The van der Waals surface area contributed by atoms with Crippen molar-refractivity contribution in [3.05, 3.63) is 78.8 Å². The van der Waals surface area contributed by atoms with Crippen LogP contribution < -0.4 is 4.74 Å². The van der Waals surface area contributed by atoms with Gasteiger partial charge in [0, 0.05) is 25.2 Å². The highest BCUT2D eigenvalue weighted by Gasteiger charge is 2.30. The molecule has 41 heavy (non-hydrogen) atoms. The van der Waals surface area contributed by atoms with Gasteiger partial charge in [0.15, 0.2) is 5.65 Å². The largest absolute Gasteiger partial charge is 0.457 e. The van der Waals surface area contributed by atoms with E-state index in [1.165, 1.54) is 6.33 Å². The molecule has 3 heterocycles. The number of nitrogens with zero attached hydrogens (tertiary/aromatic N) is 6. The zero-order chi connectivity index (χ0) is 28.9. The second kappa shape index (κ2) is 12.1. The number of hydrogen-bond acceptors (Lipinski definition) is 6. The topological polar surface area (TPSA) is 104 Å². The van der Waals surface area contributed by atoms with Crippen molar-refractivity contribution in [2.75, 3.05) is 20.1 Å². The van der Waals surface area contributed by atoms with Crippen LogP contribution in [0.4, 0.5) is 5.82 Å². The van der Waals surface area contributed by atoms with Crippen molar-refractivity contribution >= 4 is 34.9 Å². The smallest absolute Gasteiger partial charge is 0.335 e. The second-order valence-electron chi connectivity index (χ2n) is 10.5. The lowest BCUT2D eigenvalue weighted by atomic mass is 9.87. The molecule has 1 aliphatic heterocycles. The summed E-state index contributed by atoms with van der Waals surface area (Å²) in [6.07, 6.45) is 6.06. The van der Waals surface area contributed by atoms with Crippen LogP contribution in [0.3, 0.4) is 0 Å². The van der Waals surface area contributed by atoms with Crippen LogP contribution in [0.2, 0.25) is 0 Å². The van der Waals surface area contributed by atoms with Gasteiger partial charge in [-0.2, -0.15) is 10.2 Å². The number of likely N-dealkylation sites (tertiary alicyclic amines) is 1. The lowest BCUT2D eigenvalue weighted by Crippen LogP contribution is -2.44. The molecule has 2 unspecified atom stereocenters. The van der Waals surface area contributed by atoms with Gasteiger partial charge in [0.25, 0.3) is 0 Å². The number of carbonyl (C=O) groups is 2. The first-order chi connectivity index (χ1) is 19.9. The number of amides is 1. The van der Waals surface area contributed by atoms with Crippen LogP contribution in [0.5, 0.6) is 11.5 Å². The van der Waals surface area contributed by atoms with E-state index in [1.807, 2.05) is 85.3 Å². The van der Waals surface area contributed by atoms with Crippen molar-refractivity contribution in [1.29, 1.82) is 5.26 Å². The third-order valence-corrected chi connectivity index (χ3v) is 7.75. The van der Waals surface area contributed by atoms with Gasteiger partial charge in [-0.15, -0.1) is 0 Å². The fraction of sp³-hybridized carbons (Fsp3) is 0.312. The van der Waals surface area contributed by atoms with Crippen molar-refractivity contribution in [1.82, 2.24) is 19.4 Å². The van der Waals surface area contributed by atoms with Gasteiger partial charge in [0.05, 0.1) is 25.2 Å². The van der Waals surface area contributed by atoms with Crippen LogP contribution in [0.15, 0.2) is 73.2 Å². The highest BCUT2D eigenvalue weighted by atomic mass is 16.5. The molecule has 1 fully saturated rings. The normalized spacial score (nSPS) is 18.1. The first-order valence-electron chi connectivity index (χ1n) is 13.8. The molecule has 1 aliphatic rings. The summed E-state index contributed by atoms with van der Waals surface area (Å²) in [5.41, 5.74) is 1.37. The van der Waals surface area contributed by atoms with E-state index < -0.39 is 5.92 Å². The Bertz CT molecular complexity index is 1640. The number of fused-ring (bicyclic) bond motifs is 1. The molecule has 0 bridgehead atoms. The van der Waals surface area contributed by atoms with Gasteiger partial charge in [-0.3, -0.25) is 14.2 Å². The number of piperidine rings is 1. The molecule has 208 valence electrons. The molecular formula is C32H33N6O3+. The van der Waals surface area contributed by atoms with Gasteiger partial charge < -0.3 is 9.64 Å². The number of hydrogen-bond donors (Lipinski definition) is 0. The van der Waals surface area contributed by atoms with Crippen molar-refractivity contribution in [2.45, 2.75) is 32.6 Å². The van der Waals surface area contributed by atoms with E-state index in [1.54, 1.807) is 15.7 Å². The number of nitriles is 1. The maximum Gasteiger partial charge on any atom is 0.335 e. The average molecular weight is 550 g/mol. The summed E-state index contributed by atoms with van der Waals surface area (Å²) in [4.78, 5) is 36.7. The molecule has 1 saturated heterocycles. The predicted molar refractivity (Wildman–Crippen MR) is 156 cm³/mol. The number of aromatic nitrogens is 3. The van der Waals surface area contributed by atoms with Crippen LogP contribution >= 0.6 is 0 Å². The predicted octanol–water partition coefficient (Wildman–Crippen LogP) is 5.41. The number of carbonyl (C=O) groups excluding carboxylic acids is 2. The van der Waals surface area contributed by atoms with E-state index in [4.69, 9.17) is 10.00 Å². The van der Waals surface area contributed by atoms with Gasteiger partial charge in [0.1, 0.15) is 23.3 Å². The maximum atomic E-state index is 13.7. The quantitative estimate of drug-likeness (QED) is 0.226. The standard InChI is InChI=1S/C32H33N6O3/c1-22-13-16-37(29(39)12-15-33)20-25(22)19-36(3)30-28-14-17-38(31(28)35-21-34-30)32(40)23(2)24-8-7-11-27(18-24)41-26-9-5-4-6-10-26/h4-11,14,17-19,21-23,25H,12-13,16,20H2,1-3H3/q+1/t22-,23?,25?/m1/s1. The first kappa shape index (κ1) is 27.7. The number of rotatable bonds is 7. The highest BCUT2D eigenvalue weighted by Crippen LogP contribution is 2.29. The van der Waals surface area contributed by atoms with Crippen LogP contribution in [-0.2, 0) is 4.79 Å². The Morgan fingerprint density at radius 3 is 2.71 bits per heavy atom. The van der Waals surface area contributed by atoms with Crippen LogP contribution in [0.1, 0.15) is 43.0 Å². The summed E-state index contributed by atoms with van der Waals surface area (Å²) in [7, 11) is 1.92. The lowest BCUT2D eigenvalue weighted by molar-refractivity contribution is -0.405. The van der Waals surface area contributed by atoms with Crippen molar-refractivity contribution in [3.63, 3.8) is 0 Å². The van der Waals surface area contributed by atoms with E-state index in [-0.39, 0.29) is 24.2 Å². The van der Waals surface area contributed by atoms with E-state index in [2.05, 4.69) is 23.1 Å². The zero-order valence-corrected chi connectivity index (χ0v) is 23.5. The first-order valence-corrected chi connectivity index (χ1v) is 13.8. The zero-order valence-electron chi connectivity index (χ0n) is 23.5. The van der Waals surface area contributed by atoms with Crippen molar-refractivity contribution in [3.8, 4) is 17.6 Å². The molecule has 0 radical (unpaired) electrons. The minimum absolute atomic E-state index is 0.103. The molecule has 1 amide bonds. The maximum absolute atomic E-state index is 13.7. The summed E-state index contributed by atoms with van der Waals surface area (Å²) >= 11 is 0. The molecule has 9 nitrogen and oxygen atoms in total. The Kier molecular flexibility index (Phi) is 8.20. The van der Waals surface area contributed by atoms with E-state index in [0.717, 1.165) is 23.1 Å².